The maximum absolute atomic E-state index is 13.4. The number of likely N-dealkylation sites (tertiary alicyclic amines) is 1. The van der Waals surface area contributed by atoms with Crippen LogP contribution in [0.5, 0.6) is 0 Å². The molecule has 8 nitrogen and oxygen atoms in total. The summed E-state index contributed by atoms with van der Waals surface area (Å²) in [5, 5.41) is 6.06. The van der Waals surface area contributed by atoms with E-state index in [-0.39, 0.29) is 24.9 Å². The average molecular weight is 582 g/mol. The molecule has 9 heteroatoms. The third-order valence-electron chi connectivity index (χ3n) is 8.11. The predicted octanol–water partition coefficient (Wildman–Crippen LogP) is 5.07. The Morgan fingerprint density at radius 3 is 2.46 bits per heavy atom. The van der Waals surface area contributed by atoms with Gasteiger partial charge < -0.3 is 25.1 Å². The second-order valence-electron chi connectivity index (χ2n) is 11.2. The summed E-state index contributed by atoms with van der Waals surface area (Å²) < 4.78 is 5.36. The lowest BCUT2D eigenvalue weighted by atomic mass is 9.84. The minimum atomic E-state index is -0.839. The molecule has 2 unspecified atom stereocenters. The standard InChI is InChI=1S/C32H40ClN3O5/c33-27-13-7-12-25(18-27)22-41-32(40)35-29(19-24-10-5-2-6-11-24)30(38)34-28(21-37)20-26-15-17-36(31(26)39)16-14-23-8-3-1-4-9-23/h1,3-4,7-9,12-13,18,21,24,26,28-29H,2,5-6,10-11,14-17,19-20,22H2,(H,34,38)(H,35,40)/t26?,28?,29-/m0/s1. The van der Waals surface area contributed by atoms with Crippen LogP contribution in [0.25, 0.3) is 0 Å². The second-order valence-corrected chi connectivity index (χ2v) is 11.6. The van der Waals surface area contributed by atoms with Crippen molar-refractivity contribution in [2.24, 2.45) is 11.8 Å². The van der Waals surface area contributed by atoms with Crippen molar-refractivity contribution in [1.29, 1.82) is 0 Å². The molecule has 0 spiro atoms. The maximum Gasteiger partial charge on any atom is 0.408 e. The number of alkyl carbamates (subject to hydrolysis) is 1. The van der Waals surface area contributed by atoms with Gasteiger partial charge in [0.05, 0.1) is 6.04 Å². The molecule has 2 aromatic rings. The summed E-state index contributed by atoms with van der Waals surface area (Å²) in [7, 11) is 0. The van der Waals surface area contributed by atoms with Gasteiger partial charge in [0.25, 0.3) is 0 Å². The Hall–Kier alpha value is -3.39. The number of amides is 3. The number of nitrogens with zero attached hydrogens (tertiary/aromatic N) is 1. The number of hydrogen-bond acceptors (Lipinski definition) is 5. The third-order valence-corrected chi connectivity index (χ3v) is 8.35. The summed E-state index contributed by atoms with van der Waals surface area (Å²) in [4.78, 5) is 52.9. The van der Waals surface area contributed by atoms with Crippen molar-refractivity contribution in [3.8, 4) is 0 Å². The van der Waals surface area contributed by atoms with E-state index in [0.29, 0.717) is 43.2 Å². The fraction of sp³-hybridized carbons (Fsp3) is 0.500. The van der Waals surface area contributed by atoms with Gasteiger partial charge in [0, 0.05) is 24.0 Å². The lowest BCUT2D eigenvalue weighted by Gasteiger charge is -2.27. The van der Waals surface area contributed by atoms with E-state index in [4.69, 9.17) is 16.3 Å². The van der Waals surface area contributed by atoms with E-state index in [1.807, 2.05) is 35.2 Å². The van der Waals surface area contributed by atoms with Crippen molar-refractivity contribution in [2.45, 2.75) is 76.5 Å². The second kappa shape index (κ2) is 15.6. The number of rotatable bonds is 13. The van der Waals surface area contributed by atoms with E-state index >= 15 is 0 Å². The van der Waals surface area contributed by atoms with Gasteiger partial charge in [-0.2, -0.15) is 0 Å². The molecule has 3 amide bonds. The van der Waals surface area contributed by atoms with Crippen LogP contribution < -0.4 is 10.6 Å². The Morgan fingerprint density at radius 2 is 1.73 bits per heavy atom. The highest BCUT2D eigenvalue weighted by atomic mass is 35.5. The van der Waals surface area contributed by atoms with E-state index in [2.05, 4.69) is 10.6 Å². The summed E-state index contributed by atoms with van der Waals surface area (Å²) >= 11 is 6.01. The first-order chi connectivity index (χ1) is 19.9. The van der Waals surface area contributed by atoms with Crippen molar-refractivity contribution in [3.63, 3.8) is 0 Å². The molecule has 0 bridgehead atoms. The molecule has 1 heterocycles. The molecular weight excluding hydrogens is 542 g/mol. The van der Waals surface area contributed by atoms with E-state index in [9.17, 15) is 19.2 Å². The van der Waals surface area contributed by atoms with Crippen LogP contribution in [0.4, 0.5) is 4.79 Å². The molecule has 1 saturated carbocycles. The molecule has 0 radical (unpaired) electrons. The van der Waals surface area contributed by atoms with Crippen molar-refractivity contribution >= 4 is 35.8 Å². The zero-order chi connectivity index (χ0) is 29.0. The number of nitrogens with one attached hydrogen (secondary N) is 2. The van der Waals surface area contributed by atoms with Crippen LogP contribution in [-0.2, 0) is 32.1 Å². The predicted molar refractivity (Wildman–Crippen MR) is 157 cm³/mol. The monoisotopic (exact) mass is 581 g/mol. The quantitative estimate of drug-likeness (QED) is 0.321. The zero-order valence-corrected chi connectivity index (χ0v) is 24.2. The van der Waals surface area contributed by atoms with Crippen LogP contribution in [0.2, 0.25) is 5.02 Å². The van der Waals surface area contributed by atoms with Crippen LogP contribution in [0, 0.1) is 11.8 Å². The van der Waals surface area contributed by atoms with Gasteiger partial charge in [0.1, 0.15) is 18.9 Å². The lowest BCUT2D eigenvalue weighted by molar-refractivity contribution is -0.132. The average Bonchev–Trinajstić information content (AvgIpc) is 3.33. The highest BCUT2D eigenvalue weighted by Crippen LogP contribution is 2.28. The molecule has 41 heavy (non-hydrogen) atoms. The van der Waals surface area contributed by atoms with Gasteiger partial charge >= 0.3 is 6.09 Å². The summed E-state index contributed by atoms with van der Waals surface area (Å²) in [6.45, 7) is 1.29. The molecule has 2 fully saturated rings. The van der Waals surface area contributed by atoms with Crippen molar-refractivity contribution < 1.29 is 23.9 Å². The van der Waals surface area contributed by atoms with E-state index in [1.54, 1.807) is 24.3 Å². The number of benzene rings is 2. The molecule has 2 N–H and O–H groups in total. The van der Waals surface area contributed by atoms with E-state index in [1.165, 1.54) is 12.0 Å². The summed E-state index contributed by atoms with van der Waals surface area (Å²) in [5.41, 5.74) is 1.91. The van der Waals surface area contributed by atoms with Gasteiger partial charge in [-0.25, -0.2) is 4.79 Å². The van der Waals surface area contributed by atoms with Crippen LogP contribution in [0.1, 0.15) is 62.5 Å². The van der Waals surface area contributed by atoms with Gasteiger partial charge in [0.2, 0.25) is 11.8 Å². The van der Waals surface area contributed by atoms with Crippen LogP contribution in [0.15, 0.2) is 54.6 Å². The summed E-state index contributed by atoms with van der Waals surface area (Å²) in [6.07, 6.45) is 7.47. The van der Waals surface area contributed by atoms with Crippen molar-refractivity contribution in [2.75, 3.05) is 13.1 Å². The molecular formula is C32H40ClN3O5. The fourth-order valence-corrected chi connectivity index (χ4v) is 6.05. The smallest absolute Gasteiger partial charge is 0.408 e. The molecule has 1 saturated heterocycles. The van der Waals surface area contributed by atoms with Crippen LogP contribution in [-0.4, -0.2) is 54.3 Å². The van der Waals surface area contributed by atoms with Gasteiger partial charge in [-0.1, -0.05) is 86.2 Å². The maximum atomic E-state index is 13.4. The number of hydrogen-bond donors (Lipinski definition) is 2. The number of ether oxygens (including phenoxy) is 1. The Bertz CT molecular complexity index is 1170. The lowest BCUT2D eigenvalue weighted by Crippen LogP contribution is -2.51. The number of halogens is 1. The largest absolute Gasteiger partial charge is 0.445 e. The molecule has 1 aliphatic heterocycles. The van der Waals surface area contributed by atoms with E-state index in [0.717, 1.165) is 37.7 Å². The summed E-state index contributed by atoms with van der Waals surface area (Å²) in [5.74, 6) is -0.437. The van der Waals surface area contributed by atoms with Crippen molar-refractivity contribution in [3.05, 3.63) is 70.7 Å². The van der Waals surface area contributed by atoms with Gasteiger partial charge in [-0.05, 0) is 54.9 Å². The first-order valence-electron chi connectivity index (χ1n) is 14.7. The topological polar surface area (TPSA) is 105 Å². The normalized spacial score (nSPS) is 18.9. The number of carbonyl (C=O) groups excluding carboxylic acids is 4. The minimum absolute atomic E-state index is 0.0171. The molecule has 2 aliphatic rings. The van der Waals surface area contributed by atoms with Gasteiger partial charge in [-0.3, -0.25) is 9.59 Å². The molecule has 220 valence electrons. The molecule has 4 rings (SSSR count). The highest BCUT2D eigenvalue weighted by molar-refractivity contribution is 6.30. The van der Waals surface area contributed by atoms with Gasteiger partial charge in [-0.15, -0.1) is 0 Å². The minimum Gasteiger partial charge on any atom is -0.445 e. The first kappa shape index (κ1) is 30.6. The molecule has 0 aromatic heterocycles. The number of carbonyl (C=O) groups is 4. The Labute approximate surface area is 247 Å². The van der Waals surface area contributed by atoms with Crippen LogP contribution >= 0.6 is 11.6 Å². The first-order valence-corrected chi connectivity index (χ1v) is 15.0. The SMILES string of the molecule is O=CC(CC1CCN(CCc2ccccc2)C1=O)NC(=O)[C@H](CC1CCCCC1)NC(=O)OCc1cccc(Cl)c1. The molecule has 2 aromatic carbocycles. The number of aldehydes is 1. The third kappa shape index (κ3) is 9.59. The zero-order valence-electron chi connectivity index (χ0n) is 23.4. The fourth-order valence-electron chi connectivity index (χ4n) is 5.84. The molecule has 1 aliphatic carbocycles. The van der Waals surface area contributed by atoms with Crippen LogP contribution in [0.3, 0.4) is 0 Å². The molecule has 3 atom stereocenters. The Kier molecular flexibility index (Phi) is 11.6. The van der Waals surface area contributed by atoms with E-state index < -0.39 is 24.1 Å². The summed E-state index contributed by atoms with van der Waals surface area (Å²) in [6, 6.07) is 15.4. The highest BCUT2D eigenvalue weighted by Gasteiger charge is 2.34. The Balaban J connectivity index is 1.31. The van der Waals surface area contributed by atoms with Crippen molar-refractivity contribution in [1.82, 2.24) is 15.5 Å². The Morgan fingerprint density at radius 1 is 0.976 bits per heavy atom. The van der Waals surface area contributed by atoms with Gasteiger partial charge in [0.15, 0.2) is 0 Å².